The van der Waals surface area contributed by atoms with E-state index in [9.17, 15) is 39.6 Å². The summed E-state index contributed by atoms with van der Waals surface area (Å²) >= 11 is 0. The Morgan fingerprint density at radius 3 is 1.93 bits per heavy atom. The van der Waals surface area contributed by atoms with Gasteiger partial charge < -0.3 is 5.11 Å². The third kappa shape index (κ3) is 4.61. The molecule has 0 spiro atoms. The maximum Gasteiger partial charge on any atom is 0.426 e. The molecule has 0 aliphatic rings. The molecule has 1 rings (SSSR count). The first-order chi connectivity index (χ1) is 12.1. The number of hydrogen-bond acceptors (Lipinski definition) is 4. The topological polar surface area (TPSA) is 74.7 Å². The summed E-state index contributed by atoms with van der Waals surface area (Å²) in [4.78, 5) is 11.5. The lowest BCUT2D eigenvalue weighted by Gasteiger charge is -2.31. The second-order valence-corrected chi connectivity index (χ2v) is 7.51. The summed E-state index contributed by atoms with van der Waals surface area (Å²) in [5.41, 5.74) is -5.94. The summed E-state index contributed by atoms with van der Waals surface area (Å²) in [5, 5.41) is 9.11. The molecule has 154 valence electrons. The molecule has 1 aromatic carbocycles. The molecular weight excluding hydrogens is 404 g/mol. The van der Waals surface area contributed by atoms with Crippen LogP contribution in [0.1, 0.15) is 30.6 Å². The van der Waals surface area contributed by atoms with Crippen molar-refractivity contribution in [2.45, 2.75) is 43.1 Å². The highest BCUT2D eigenvalue weighted by Crippen LogP contribution is 2.45. The third-order valence-corrected chi connectivity index (χ3v) is 5.90. The second kappa shape index (κ2) is 7.76. The highest BCUT2D eigenvalue weighted by molar-refractivity contribution is 7.89. The van der Waals surface area contributed by atoms with Crippen LogP contribution in [0.2, 0.25) is 0 Å². The van der Waals surface area contributed by atoms with Crippen molar-refractivity contribution < 1.29 is 44.7 Å². The largest absolute Gasteiger partial charge is 0.426 e. The van der Waals surface area contributed by atoms with E-state index >= 15 is 0 Å². The van der Waals surface area contributed by atoms with Gasteiger partial charge in [-0.05, 0) is 12.1 Å². The number of sulfonamides is 1. The third-order valence-electron chi connectivity index (χ3n) is 3.85. The van der Waals surface area contributed by atoms with Crippen molar-refractivity contribution in [1.29, 1.82) is 0 Å². The van der Waals surface area contributed by atoms with Crippen LogP contribution in [0, 0.1) is 0 Å². The smallest absolute Gasteiger partial charge is 0.373 e. The van der Waals surface area contributed by atoms with Crippen molar-refractivity contribution in [2.75, 3.05) is 13.1 Å². The molecule has 27 heavy (non-hydrogen) atoms. The van der Waals surface area contributed by atoms with E-state index in [1.54, 1.807) is 0 Å². The SMILES string of the molecule is CCN(CC)S(=O)(=O)c1cccc(C(=O)CC(O)(C(F)(F)F)C(F)(F)F)c1. The fourth-order valence-electron chi connectivity index (χ4n) is 2.24. The summed E-state index contributed by atoms with van der Waals surface area (Å²) < 4.78 is 102. The van der Waals surface area contributed by atoms with E-state index in [-0.39, 0.29) is 13.1 Å². The van der Waals surface area contributed by atoms with Crippen LogP contribution in [0.25, 0.3) is 0 Å². The van der Waals surface area contributed by atoms with Gasteiger partial charge in [0.05, 0.1) is 11.3 Å². The molecule has 0 atom stereocenters. The highest BCUT2D eigenvalue weighted by Gasteiger charge is 2.70. The van der Waals surface area contributed by atoms with Crippen molar-refractivity contribution >= 4 is 15.8 Å². The summed E-state index contributed by atoms with van der Waals surface area (Å²) in [6, 6.07) is 3.63. The van der Waals surface area contributed by atoms with Crippen LogP contribution in [0.3, 0.4) is 0 Å². The zero-order valence-corrected chi connectivity index (χ0v) is 15.0. The van der Waals surface area contributed by atoms with Gasteiger partial charge in [0, 0.05) is 18.7 Å². The van der Waals surface area contributed by atoms with E-state index in [1.165, 1.54) is 13.8 Å². The maximum atomic E-state index is 12.7. The Labute approximate surface area is 151 Å². The van der Waals surface area contributed by atoms with Gasteiger partial charge in [0.25, 0.3) is 5.60 Å². The number of carbonyl (C=O) groups is 1. The fourth-order valence-corrected chi connectivity index (χ4v) is 3.74. The van der Waals surface area contributed by atoms with Gasteiger partial charge in [-0.3, -0.25) is 4.79 Å². The van der Waals surface area contributed by atoms with Gasteiger partial charge in [-0.15, -0.1) is 0 Å². The Balaban J connectivity index is 3.31. The van der Waals surface area contributed by atoms with Crippen molar-refractivity contribution in [2.24, 2.45) is 0 Å². The van der Waals surface area contributed by atoms with E-state index in [2.05, 4.69) is 0 Å². The van der Waals surface area contributed by atoms with E-state index in [0.717, 1.165) is 22.5 Å². The van der Waals surface area contributed by atoms with Crippen LogP contribution in [0.4, 0.5) is 26.3 Å². The van der Waals surface area contributed by atoms with Crippen molar-refractivity contribution in [3.63, 3.8) is 0 Å². The molecule has 5 nitrogen and oxygen atoms in total. The second-order valence-electron chi connectivity index (χ2n) is 5.57. The number of benzene rings is 1. The standard InChI is InChI=1S/C15H17F6NO4S/c1-3-22(4-2)27(25,26)11-7-5-6-10(8-11)12(23)9-13(24,14(16,17)18)15(19,20)21/h5-8,24H,3-4,9H2,1-2H3. The molecule has 12 heteroatoms. The molecular formula is C15H17F6NO4S. The summed E-state index contributed by atoms with van der Waals surface area (Å²) in [7, 11) is -4.08. The average molecular weight is 421 g/mol. The first kappa shape index (κ1) is 23.4. The number of halogens is 6. The summed E-state index contributed by atoms with van der Waals surface area (Å²) in [6.45, 7) is 3.20. The van der Waals surface area contributed by atoms with E-state index < -0.39 is 50.6 Å². The zero-order valence-electron chi connectivity index (χ0n) is 14.2. The normalized spacial score (nSPS) is 13.9. The molecule has 0 aliphatic heterocycles. The molecule has 1 aromatic rings. The van der Waals surface area contributed by atoms with Crippen molar-refractivity contribution in [3.05, 3.63) is 29.8 Å². The van der Waals surface area contributed by atoms with Gasteiger partial charge >= 0.3 is 12.4 Å². The molecule has 0 bridgehead atoms. The Bertz CT molecular complexity index is 770. The summed E-state index contributed by atoms with van der Waals surface area (Å²) in [6.07, 6.45) is -14.6. The molecule has 0 heterocycles. The van der Waals surface area contributed by atoms with Gasteiger partial charge in [-0.25, -0.2) is 8.42 Å². The number of hydrogen-bond donors (Lipinski definition) is 1. The molecule has 0 amide bonds. The number of Topliss-reactive ketones (excluding diaryl/α,β-unsaturated/α-hetero) is 1. The predicted molar refractivity (Wildman–Crippen MR) is 82.6 cm³/mol. The Hall–Kier alpha value is -1.66. The van der Waals surface area contributed by atoms with Crippen molar-refractivity contribution in [3.8, 4) is 0 Å². The number of rotatable bonds is 7. The summed E-state index contributed by atoms with van der Waals surface area (Å²) in [5.74, 6) is -1.70. The van der Waals surface area contributed by atoms with Crippen LogP contribution in [0.5, 0.6) is 0 Å². The zero-order chi connectivity index (χ0) is 21.3. The van der Waals surface area contributed by atoms with Crippen molar-refractivity contribution in [1.82, 2.24) is 4.31 Å². The van der Waals surface area contributed by atoms with Gasteiger partial charge in [0.15, 0.2) is 5.78 Å². The minimum absolute atomic E-state index is 0.0684. The number of aliphatic hydroxyl groups is 1. The predicted octanol–water partition coefficient (Wildman–Crippen LogP) is 3.15. The monoisotopic (exact) mass is 421 g/mol. The Morgan fingerprint density at radius 2 is 1.52 bits per heavy atom. The average Bonchev–Trinajstić information content (AvgIpc) is 2.53. The molecule has 1 N–H and O–H groups in total. The molecule has 0 saturated heterocycles. The van der Waals surface area contributed by atoms with Crippen LogP contribution >= 0.6 is 0 Å². The lowest BCUT2D eigenvalue weighted by molar-refractivity contribution is -0.365. The minimum atomic E-state index is -6.15. The number of alkyl halides is 6. The number of nitrogens with zero attached hydrogens (tertiary/aromatic N) is 1. The first-order valence-corrected chi connectivity index (χ1v) is 9.05. The number of ketones is 1. The highest BCUT2D eigenvalue weighted by atomic mass is 32.2. The fraction of sp³-hybridized carbons (Fsp3) is 0.533. The molecule has 0 fully saturated rings. The van der Waals surface area contributed by atoms with E-state index in [1.807, 2.05) is 0 Å². The Kier molecular flexibility index (Phi) is 6.72. The van der Waals surface area contributed by atoms with Crippen LogP contribution in [-0.2, 0) is 10.0 Å². The van der Waals surface area contributed by atoms with Gasteiger partial charge in [0.2, 0.25) is 10.0 Å². The van der Waals surface area contributed by atoms with Gasteiger partial charge in [-0.1, -0.05) is 26.0 Å². The molecule has 0 aromatic heterocycles. The van der Waals surface area contributed by atoms with E-state index in [4.69, 9.17) is 5.11 Å². The Morgan fingerprint density at radius 1 is 1.04 bits per heavy atom. The quantitative estimate of drug-likeness (QED) is 0.542. The lowest BCUT2D eigenvalue weighted by atomic mass is 9.92. The minimum Gasteiger partial charge on any atom is -0.373 e. The van der Waals surface area contributed by atoms with Gasteiger partial charge in [0.1, 0.15) is 0 Å². The van der Waals surface area contributed by atoms with E-state index in [0.29, 0.717) is 6.07 Å². The maximum absolute atomic E-state index is 12.7. The van der Waals surface area contributed by atoms with Crippen LogP contribution in [-0.4, -0.2) is 54.7 Å². The number of carbonyl (C=O) groups excluding carboxylic acids is 1. The molecule has 0 aliphatic carbocycles. The van der Waals surface area contributed by atoms with Gasteiger partial charge in [-0.2, -0.15) is 30.6 Å². The lowest BCUT2D eigenvalue weighted by Crippen LogP contribution is -2.57. The first-order valence-electron chi connectivity index (χ1n) is 7.61. The molecule has 0 radical (unpaired) electrons. The van der Waals surface area contributed by atoms with Crippen LogP contribution in [0.15, 0.2) is 29.2 Å². The molecule has 0 saturated carbocycles. The van der Waals surface area contributed by atoms with Crippen LogP contribution < -0.4 is 0 Å². The molecule has 0 unspecified atom stereocenters.